The molecular formula is C16H12ClF3N4O. The molecule has 1 heterocycles. The minimum Gasteiger partial charge on any atom is -0.364 e. The smallest absolute Gasteiger partial charge is 0.364 e. The van der Waals surface area contributed by atoms with Crippen molar-refractivity contribution in [1.82, 2.24) is 4.98 Å². The molecule has 1 aromatic heterocycles. The fraction of sp³-hybridized carbons (Fsp3) is 0.188. The Hall–Kier alpha value is -2.79. The third-order valence-electron chi connectivity index (χ3n) is 3.24. The maximum Gasteiger partial charge on any atom is 0.417 e. The van der Waals surface area contributed by atoms with Crippen molar-refractivity contribution >= 4 is 28.9 Å². The summed E-state index contributed by atoms with van der Waals surface area (Å²) >= 11 is 5.54. The molecule has 2 aromatic rings. The van der Waals surface area contributed by atoms with Gasteiger partial charge in [-0.1, -0.05) is 11.6 Å². The number of hydrogen-bond acceptors (Lipinski definition) is 4. The largest absolute Gasteiger partial charge is 0.417 e. The Morgan fingerprint density at radius 3 is 2.64 bits per heavy atom. The highest BCUT2D eigenvalue weighted by Crippen LogP contribution is 2.36. The van der Waals surface area contributed by atoms with Crippen LogP contribution in [0.1, 0.15) is 11.3 Å². The summed E-state index contributed by atoms with van der Waals surface area (Å²) in [6, 6.07) is 8.14. The number of rotatable bonds is 4. The minimum absolute atomic E-state index is 0.00641. The van der Waals surface area contributed by atoms with Gasteiger partial charge in [0.2, 0.25) is 5.91 Å². The fourth-order valence-corrected chi connectivity index (χ4v) is 2.23. The lowest BCUT2D eigenvalue weighted by Crippen LogP contribution is -2.30. The van der Waals surface area contributed by atoms with Crippen molar-refractivity contribution in [2.45, 2.75) is 6.18 Å². The van der Waals surface area contributed by atoms with E-state index in [1.165, 1.54) is 18.3 Å². The highest BCUT2D eigenvalue weighted by Gasteiger charge is 2.33. The van der Waals surface area contributed by atoms with Crippen molar-refractivity contribution < 1.29 is 18.0 Å². The van der Waals surface area contributed by atoms with Crippen LogP contribution < -0.4 is 10.2 Å². The van der Waals surface area contributed by atoms with E-state index in [0.29, 0.717) is 5.69 Å². The predicted molar refractivity (Wildman–Crippen MR) is 87.3 cm³/mol. The van der Waals surface area contributed by atoms with Crippen molar-refractivity contribution in [3.63, 3.8) is 0 Å². The maximum atomic E-state index is 12.8. The van der Waals surface area contributed by atoms with Crippen LogP contribution in [0.2, 0.25) is 5.02 Å². The molecule has 9 heteroatoms. The molecule has 0 aliphatic carbocycles. The molecule has 0 saturated heterocycles. The number of nitrogens with one attached hydrogen (secondary N) is 1. The van der Waals surface area contributed by atoms with Crippen LogP contribution in [0.3, 0.4) is 0 Å². The van der Waals surface area contributed by atoms with Crippen molar-refractivity contribution in [3.05, 3.63) is 52.8 Å². The Bertz CT molecular complexity index is 816. The lowest BCUT2D eigenvalue weighted by molar-refractivity contribution is -0.137. The zero-order valence-corrected chi connectivity index (χ0v) is 13.7. The van der Waals surface area contributed by atoms with Gasteiger partial charge in [0, 0.05) is 12.7 Å². The summed E-state index contributed by atoms with van der Waals surface area (Å²) < 4.78 is 38.5. The molecule has 2 rings (SSSR count). The molecule has 0 radical (unpaired) electrons. The number of alkyl halides is 3. The SMILES string of the molecule is CN(CC(=O)Nc1ccc(Cl)c(C(F)(F)F)c1)c1ccc(C#N)nc1. The molecule has 0 bridgehead atoms. The molecule has 0 spiro atoms. The fourth-order valence-electron chi connectivity index (χ4n) is 2.01. The minimum atomic E-state index is -4.61. The quantitative estimate of drug-likeness (QED) is 0.893. The van der Waals surface area contributed by atoms with E-state index in [1.807, 2.05) is 6.07 Å². The number of nitriles is 1. The molecule has 25 heavy (non-hydrogen) atoms. The number of halogens is 4. The molecule has 130 valence electrons. The number of carbonyl (C=O) groups excluding carboxylic acids is 1. The molecule has 0 aliphatic heterocycles. The topological polar surface area (TPSA) is 69.0 Å². The van der Waals surface area contributed by atoms with Crippen LogP contribution in [0.4, 0.5) is 24.5 Å². The van der Waals surface area contributed by atoms with E-state index in [0.717, 1.165) is 12.1 Å². The van der Waals surface area contributed by atoms with Gasteiger partial charge in [-0.05, 0) is 30.3 Å². The standard InChI is InChI=1S/C16H12ClF3N4O/c1-24(12-4-2-11(7-21)22-8-12)9-15(25)23-10-3-5-14(17)13(6-10)16(18,19)20/h2-6,8H,9H2,1H3,(H,23,25). The number of pyridine rings is 1. The highest BCUT2D eigenvalue weighted by atomic mass is 35.5. The second kappa shape index (κ2) is 7.40. The van der Waals surface area contributed by atoms with Crippen molar-refractivity contribution in [2.24, 2.45) is 0 Å². The summed E-state index contributed by atoms with van der Waals surface area (Å²) in [5.41, 5.74) is -0.201. The number of amides is 1. The van der Waals surface area contributed by atoms with Gasteiger partial charge in [-0.15, -0.1) is 0 Å². The van der Waals surface area contributed by atoms with Crippen molar-refractivity contribution in [2.75, 3.05) is 23.8 Å². The van der Waals surface area contributed by atoms with Gasteiger partial charge in [-0.25, -0.2) is 4.98 Å². The summed E-state index contributed by atoms with van der Waals surface area (Å²) in [6.07, 6.45) is -3.18. The Morgan fingerprint density at radius 2 is 2.08 bits per heavy atom. The maximum absolute atomic E-state index is 12.8. The summed E-state index contributed by atoms with van der Waals surface area (Å²) in [7, 11) is 1.62. The van der Waals surface area contributed by atoms with Crippen LogP contribution in [0.15, 0.2) is 36.5 Å². The molecule has 0 saturated carbocycles. The van der Waals surface area contributed by atoms with E-state index >= 15 is 0 Å². The normalized spacial score (nSPS) is 10.9. The van der Waals surface area contributed by atoms with E-state index in [2.05, 4.69) is 10.3 Å². The number of benzene rings is 1. The van der Waals surface area contributed by atoms with Crippen molar-refractivity contribution in [3.8, 4) is 6.07 Å². The van der Waals surface area contributed by atoms with E-state index in [1.54, 1.807) is 18.0 Å². The van der Waals surface area contributed by atoms with E-state index in [-0.39, 0.29) is 17.9 Å². The van der Waals surface area contributed by atoms with E-state index in [4.69, 9.17) is 16.9 Å². The van der Waals surface area contributed by atoms with Gasteiger partial charge in [0.15, 0.2) is 0 Å². The van der Waals surface area contributed by atoms with E-state index in [9.17, 15) is 18.0 Å². The summed E-state index contributed by atoms with van der Waals surface area (Å²) in [4.78, 5) is 17.5. The number of aromatic nitrogens is 1. The van der Waals surface area contributed by atoms with Gasteiger partial charge < -0.3 is 10.2 Å². The number of carbonyl (C=O) groups is 1. The first-order valence-corrected chi connectivity index (χ1v) is 7.32. The van der Waals surface area contributed by atoms with Crippen molar-refractivity contribution in [1.29, 1.82) is 5.26 Å². The zero-order chi connectivity index (χ0) is 18.6. The Labute approximate surface area is 146 Å². The average molecular weight is 369 g/mol. The summed E-state index contributed by atoms with van der Waals surface area (Å²) in [6.45, 7) is -0.114. The molecule has 5 nitrogen and oxygen atoms in total. The third kappa shape index (κ3) is 4.84. The molecule has 1 aromatic carbocycles. The average Bonchev–Trinajstić information content (AvgIpc) is 2.55. The molecular weight excluding hydrogens is 357 g/mol. The molecule has 0 atom stereocenters. The second-order valence-electron chi connectivity index (χ2n) is 5.11. The van der Waals surface area contributed by atoms with E-state index < -0.39 is 22.7 Å². The molecule has 1 N–H and O–H groups in total. The molecule has 0 aliphatic rings. The summed E-state index contributed by atoms with van der Waals surface area (Å²) in [5.74, 6) is -0.512. The lowest BCUT2D eigenvalue weighted by atomic mass is 10.2. The Morgan fingerprint density at radius 1 is 1.36 bits per heavy atom. The van der Waals surface area contributed by atoms with Gasteiger partial charge in [0.25, 0.3) is 0 Å². The van der Waals surface area contributed by atoms with Crippen LogP contribution in [-0.4, -0.2) is 24.5 Å². The van der Waals surface area contributed by atoms with Crippen LogP contribution >= 0.6 is 11.6 Å². The number of likely N-dealkylation sites (N-methyl/N-ethyl adjacent to an activating group) is 1. The number of nitrogens with zero attached hydrogens (tertiary/aromatic N) is 3. The van der Waals surface area contributed by atoms with Gasteiger partial charge >= 0.3 is 6.18 Å². The second-order valence-corrected chi connectivity index (χ2v) is 5.52. The van der Waals surface area contributed by atoms with Gasteiger partial charge in [-0.3, -0.25) is 4.79 Å². The van der Waals surface area contributed by atoms with Crippen LogP contribution in [0.5, 0.6) is 0 Å². The molecule has 0 fully saturated rings. The van der Waals surface area contributed by atoms with Crippen LogP contribution in [-0.2, 0) is 11.0 Å². The van der Waals surface area contributed by atoms with Gasteiger partial charge in [0.1, 0.15) is 11.8 Å². The molecule has 0 unspecified atom stereocenters. The summed E-state index contributed by atoms with van der Waals surface area (Å²) in [5, 5.41) is 10.7. The van der Waals surface area contributed by atoms with Gasteiger partial charge in [-0.2, -0.15) is 18.4 Å². The first kappa shape index (κ1) is 18.5. The predicted octanol–water partition coefficient (Wildman–Crippen LogP) is 3.70. The first-order chi connectivity index (χ1) is 11.7. The number of anilines is 2. The zero-order valence-electron chi connectivity index (χ0n) is 12.9. The Kier molecular flexibility index (Phi) is 5.49. The third-order valence-corrected chi connectivity index (χ3v) is 3.57. The van der Waals surface area contributed by atoms with Gasteiger partial charge in [0.05, 0.1) is 29.0 Å². The Balaban J connectivity index is 2.06. The van der Waals surface area contributed by atoms with Crippen LogP contribution in [0.25, 0.3) is 0 Å². The highest BCUT2D eigenvalue weighted by molar-refractivity contribution is 6.31. The molecule has 1 amide bonds. The number of hydrogen-bond donors (Lipinski definition) is 1. The van der Waals surface area contributed by atoms with Crippen LogP contribution in [0, 0.1) is 11.3 Å². The lowest BCUT2D eigenvalue weighted by Gasteiger charge is -2.18. The first-order valence-electron chi connectivity index (χ1n) is 6.94. The monoisotopic (exact) mass is 368 g/mol.